The van der Waals surface area contributed by atoms with Gasteiger partial charge in [0, 0.05) is 11.8 Å². The van der Waals surface area contributed by atoms with E-state index in [0.717, 1.165) is 19.1 Å². The number of hydrogen-bond acceptors (Lipinski definition) is 3. The Hall–Kier alpha value is -0.860. The lowest BCUT2D eigenvalue weighted by Gasteiger charge is -2.07. The first-order valence-corrected chi connectivity index (χ1v) is 3.96. The van der Waals surface area contributed by atoms with Gasteiger partial charge in [-0.2, -0.15) is 0 Å². The molecule has 1 heterocycles. The summed E-state index contributed by atoms with van der Waals surface area (Å²) in [5, 5.41) is 0. The second-order valence-electron chi connectivity index (χ2n) is 3.27. The summed E-state index contributed by atoms with van der Waals surface area (Å²) >= 11 is 0. The molecule has 1 aliphatic heterocycles. The number of carbonyl (C=O) groups is 2. The van der Waals surface area contributed by atoms with Gasteiger partial charge in [-0.05, 0) is 12.8 Å². The summed E-state index contributed by atoms with van der Waals surface area (Å²) < 4.78 is 5.02. The molecule has 0 aromatic carbocycles. The molecule has 11 heavy (non-hydrogen) atoms. The number of aldehydes is 1. The van der Waals surface area contributed by atoms with E-state index in [1.165, 1.54) is 0 Å². The van der Waals surface area contributed by atoms with Crippen LogP contribution < -0.4 is 0 Å². The van der Waals surface area contributed by atoms with Crippen LogP contribution in [-0.2, 0) is 14.3 Å². The largest absolute Gasteiger partial charge is 0.462 e. The van der Waals surface area contributed by atoms with E-state index in [9.17, 15) is 9.59 Å². The molecule has 3 nitrogen and oxygen atoms in total. The van der Waals surface area contributed by atoms with Crippen molar-refractivity contribution in [2.75, 3.05) is 0 Å². The van der Waals surface area contributed by atoms with Crippen LogP contribution in [-0.4, -0.2) is 18.4 Å². The zero-order valence-corrected chi connectivity index (χ0v) is 6.16. The van der Waals surface area contributed by atoms with Crippen LogP contribution >= 0.6 is 0 Å². The van der Waals surface area contributed by atoms with E-state index >= 15 is 0 Å². The Labute approximate surface area is 64.7 Å². The lowest BCUT2D eigenvalue weighted by Crippen LogP contribution is -2.14. The van der Waals surface area contributed by atoms with Crippen molar-refractivity contribution in [1.82, 2.24) is 0 Å². The van der Waals surface area contributed by atoms with E-state index in [1.807, 2.05) is 0 Å². The van der Waals surface area contributed by atoms with Crippen LogP contribution in [0.15, 0.2) is 0 Å². The summed E-state index contributed by atoms with van der Waals surface area (Å²) in [7, 11) is 0. The van der Waals surface area contributed by atoms with Crippen LogP contribution in [0.4, 0.5) is 0 Å². The molecule has 2 fully saturated rings. The van der Waals surface area contributed by atoms with Crippen LogP contribution in [0.2, 0.25) is 0 Å². The van der Waals surface area contributed by atoms with Crippen molar-refractivity contribution in [2.45, 2.75) is 25.4 Å². The SMILES string of the molecule is O=C[C@@H]1CC[C@H]2OC(=O)C[C@@H]12. The molecular weight excluding hydrogens is 144 g/mol. The van der Waals surface area contributed by atoms with Gasteiger partial charge >= 0.3 is 5.97 Å². The molecule has 0 N–H and O–H groups in total. The van der Waals surface area contributed by atoms with Gasteiger partial charge in [-0.15, -0.1) is 0 Å². The molecular formula is C8H10O3. The normalized spacial score (nSPS) is 41.8. The highest BCUT2D eigenvalue weighted by Gasteiger charge is 2.44. The van der Waals surface area contributed by atoms with Gasteiger partial charge in [0.1, 0.15) is 12.4 Å². The third kappa shape index (κ3) is 0.951. The fourth-order valence-electron chi connectivity index (χ4n) is 2.07. The molecule has 0 aromatic heterocycles. The van der Waals surface area contributed by atoms with Crippen molar-refractivity contribution >= 4 is 12.3 Å². The van der Waals surface area contributed by atoms with E-state index in [-0.39, 0.29) is 23.9 Å². The Kier molecular flexibility index (Phi) is 1.44. The number of rotatable bonds is 1. The van der Waals surface area contributed by atoms with Crippen LogP contribution in [0.5, 0.6) is 0 Å². The summed E-state index contributed by atoms with van der Waals surface area (Å²) in [5.74, 6) is 0.137. The van der Waals surface area contributed by atoms with Gasteiger partial charge < -0.3 is 9.53 Å². The topological polar surface area (TPSA) is 43.4 Å². The minimum Gasteiger partial charge on any atom is -0.462 e. The van der Waals surface area contributed by atoms with Crippen molar-refractivity contribution in [2.24, 2.45) is 11.8 Å². The Morgan fingerprint density at radius 3 is 3.00 bits per heavy atom. The zero-order chi connectivity index (χ0) is 7.84. The zero-order valence-electron chi connectivity index (χ0n) is 6.16. The van der Waals surface area contributed by atoms with Crippen LogP contribution in [0, 0.1) is 11.8 Å². The molecule has 3 heteroatoms. The highest BCUT2D eigenvalue weighted by Crippen LogP contribution is 2.39. The second-order valence-corrected chi connectivity index (χ2v) is 3.27. The fourth-order valence-corrected chi connectivity index (χ4v) is 2.07. The van der Waals surface area contributed by atoms with Crippen LogP contribution in [0.3, 0.4) is 0 Å². The maximum atomic E-state index is 10.8. The monoisotopic (exact) mass is 154 g/mol. The molecule has 1 saturated heterocycles. The average Bonchev–Trinajstić information content (AvgIpc) is 2.45. The summed E-state index contributed by atoms with van der Waals surface area (Å²) in [4.78, 5) is 21.3. The van der Waals surface area contributed by atoms with E-state index in [2.05, 4.69) is 0 Å². The number of hydrogen-bond donors (Lipinski definition) is 0. The Morgan fingerprint density at radius 1 is 1.45 bits per heavy atom. The summed E-state index contributed by atoms with van der Waals surface area (Å²) in [6.07, 6.45) is 3.24. The van der Waals surface area contributed by atoms with Crippen LogP contribution in [0.1, 0.15) is 19.3 Å². The Balaban J connectivity index is 2.12. The van der Waals surface area contributed by atoms with E-state index < -0.39 is 0 Å². The summed E-state index contributed by atoms with van der Waals surface area (Å²) in [6.45, 7) is 0. The molecule has 0 spiro atoms. The minimum atomic E-state index is -0.133. The van der Waals surface area contributed by atoms with E-state index in [0.29, 0.717) is 6.42 Å². The Morgan fingerprint density at radius 2 is 2.27 bits per heavy atom. The lowest BCUT2D eigenvalue weighted by molar-refractivity contribution is -0.141. The first-order chi connectivity index (χ1) is 5.31. The van der Waals surface area contributed by atoms with Crippen LogP contribution in [0.25, 0.3) is 0 Å². The molecule has 0 radical (unpaired) electrons. The number of ether oxygens (including phenoxy) is 1. The predicted molar refractivity (Wildman–Crippen MR) is 36.8 cm³/mol. The van der Waals surface area contributed by atoms with Gasteiger partial charge in [0.05, 0.1) is 6.42 Å². The van der Waals surface area contributed by atoms with Crippen molar-refractivity contribution in [1.29, 1.82) is 0 Å². The molecule has 60 valence electrons. The fraction of sp³-hybridized carbons (Fsp3) is 0.750. The molecule has 3 atom stereocenters. The number of carbonyl (C=O) groups excluding carboxylic acids is 2. The van der Waals surface area contributed by atoms with Gasteiger partial charge in [0.15, 0.2) is 0 Å². The lowest BCUT2D eigenvalue weighted by atomic mass is 9.95. The standard InChI is InChI=1S/C8H10O3/c9-4-5-1-2-7-6(5)3-8(10)11-7/h4-7H,1-3H2/t5-,6-,7+/m0/s1. The predicted octanol–water partition coefficient (Wildman–Crippen LogP) is 0.527. The molecule has 0 bridgehead atoms. The van der Waals surface area contributed by atoms with Gasteiger partial charge in [-0.3, -0.25) is 4.79 Å². The van der Waals surface area contributed by atoms with E-state index in [4.69, 9.17) is 4.74 Å². The third-order valence-electron chi connectivity index (χ3n) is 2.67. The maximum absolute atomic E-state index is 10.8. The highest BCUT2D eigenvalue weighted by atomic mass is 16.5. The first kappa shape index (κ1) is 6.83. The molecule has 2 aliphatic rings. The molecule has 2 rings (SSSR count). The molecule has 0 aromatic rings. The number of esters is 1. The Bertz CT molecular complexity index is 200. The molecule has 0 amide bonds. The minimum absolute atomic E-state index is 0.0534. The first-order valence-electron chi connectivity index (χ1n) is 3.96. The average molecular weight is 154 g/mol. The quantitative estimate of drug-likeness (QED) is 0.408. The van der Waals surface area contributed by atoms with Gasteiger partial charge in [0.25, 0.3) is 0 Å². The highest BCUT2D eigenvalue weighted by molar-refractivity contribution is 5.73. The molecule has 1 aliphatic carbocycles. The summed E-state index contributed by atoms with van der Waals surface area (Å²) in [5.41, 5.74) is 0. The van der Waals surface area contributed by atoms with Gasteiger partial charge in [-0.25, -0.2) is 0 Å². The van der Waals surface area contributed by atoms with E-state index in [1.54, 1.807) is 0 Å². The maximum Gasteiger partial charge on any atom is 0.306 e. The van der Waals surface area contributed by atoms with Crippen molar-refractivity contribution < 1.29 is 14.3 Å². The van der Waals surface area contributed by atoms with Gasteiger partial charge in [-0.1, -0.05) is 0 Å². The number of fused-ring (bicyclic) bond motifs is 1. The van der Waals surface area contributed by atoms with Crippen molar-refractivity contribution in [3.63, 3.8) is 0 Å². The summed E-state index contributed by atoms with van der Waals surface area (Å²) in [6, 6.07) is 0. The van der Waals surface area contributed by atoms with Crippen molar-refractivity contribution in [3.05, 3.63) is 0 Å². The molecule has 1 saturated carbocycles. The smallest absolute Gasteiger partial charge is 0.306 e. The van der Waals surface area contributed by atoms with Gasteiger partial charge in [0.2, 0.25) is 0 Å². The second kappa shape index (κ2) is 2.32. The van der Waals surface area contributed by atoms with Crippen molar-refractivity contribution in [3.8, 4) is 0 Å². The molecule has 0 unspecified atom stereocenters. The third-order valence-corrected chi connectivity index (χ3v) is 2.67.